The summed E-state index contributed by atoms with van der Waals surface area (Å²) in [7, 11) is 0. The Kier molecular flexibility index (Phi) is 1.92. The van der Waals surface area contributed by atoms with Crippen molar-refractivity contribution in [1.29, 1.82) is 0 Å². The highest BCUT2D eigenvalue weighted by atomic mass is 16.3. The maximum absolute atomic E-state index is 11.8. The Morgan fingerprint density at radius 3 is 2.36 bits per heavy atom. The van der Waals surface area contributed by atoms with Gasteiger partial charge in [-0.25, -0.2) is 0 Å². The fourth-order valence-corrected chi connectivity index (χ4v) is 1.62. The van der Waals surface area contributed by atoms with E-state index in [-0.39, 0.29) is 5.43 Å². The molecule has 0 fully saturated rings. The topological polar surface area (TPSA) is 30.2 Å². The molecule has 2 rings (SSSR count). The first-order valence-electron chi connectivity index (χ1n) is 4.59. The van der Waals surface area contributed by atoms with E-state index in [0.717, 1.165) is 11.1 Å². The van der Waals surface area contributed by atoms with Crippen molar-refractivity contribution in [3.63, 3.8) is 0 Å². The van der Waals surface area contributed by atoms with Crippen LogP contribution in [0.3, 0.4) is 0 Å². The Labute approximate surface area is 82.2 Å². The van der Waals surface area contributed by atoms with Crippen LogP contribution in [0, 0.1) is 20.8 Å². The molecule has 0 saturated carbocycles. The molecule has 0 radical (unpaired) electrons. The predicted molar refractivity (Wildman–Crippen MR) is 56.7 cm³/mol. The van der Waals surface area contributed by atoms with E-state index in [0.29, 0.717) is 16.5 Å². The SMILES string of the molecule is Cc1coc2c(C)ccc(C)c2c1=O. The van der Waals surface area contributed by atoms with Crippen molar-refractivity contribution < 1.29 is 4.42 Å². The number of rotatable bonds is 0. The second kappa shape index (κ2) is 2.98. The maximum Gasteiger partial charge on any atom is 0.195 e. The van der Waals surface area contributed by atoms with E-state index in [2.05, 4.69) is 0 Å². The van der Waals surface area contributed by atoms with E-state index in [4.69, 9.17) is 4.42 Å². The highest BCUT2D eigenvalue weighted by Crippen LogP contribution is 2.19. The van der Waals surface area contributed by atoms with Crippen LogP contribution in [0.2, 0.25) is 0 Å². The molecule has 0 saturated heterocycles. The first-order chi connectivity index (χ1) is 6.61. The fourth-order valence-electron chi connectivity index (χ4n) is 1.62. The third kappa shape index (κ3) is 1.15. The van der Waals surface area contributed by atoms with Gasteiger partial charge in [0.25, 0.3) is 0 Å². The minimum Gasteiger partial charge on any atom is -0.464 e. The van der Waals surface area contributed by atoms with Crippen LogP contribution in [0.15, 0.2) is 27.6 Å². The Morgan fingerprint density at radius 1 is 1.00 bits per heavy atom. The summed E-state index contributed by atoms with van der Waals surface area (Å²) in [5.41, 5.74) is 3.42. The average Bonchev–Trinajstić information content (AvgIpc) is 2.16. The van der Waals surface area contributed by atoms with E-state index in [1.165, 1.54) is 6.26 Å². The second-order valence-corrected chi connectivity index (χ2v) is 3.65. The molecule has 0 unspecified atom stereocenters. The monoisotopic (exact) mass is 188 g/mol. The van der Waals surface area contributed by atoms with Crippen LogP contribution in [0.4, 0.5) is 0 Å². The summed E-state index contributed by atoms with van der Waals surface area (Å²) in [6.07, 6.45) is 1.52. The molecule has 0 aliphatic rings. The Bertz CT molecular complexity index is 550. The first kappa shape index (κ1) is 9.00. The summed E-state index contributed by atoms with van der Waals surface area (Å²) in [5.74, 6) is 0. The van der Waals surface area contributed by atoms with Crippen LogP contribution >= 0.6 is 0 Å². The Balaban J connectivity index is 3.09. The number of benzene rings is 1. The largest absolute Gasteiger partial charge is 0.464 e. The number of hydrogen-bond acceptors (Lipinski definition) is 2. The van der Waals surface area contributed by atoms with Crippen molar-refractivity contribution in [2.24, 2.45) is 0 Å². The van der Waals surface area contributed by atoms with Gasteiger partial charge in [0.2, 0.25) is 0 Å². The third-order valence-corrected chi connectivity index (χ3v) is 2.50. The Hall–Kier alpha value is -1.57. The van der Waals surface area contributed by atoms with Gasteiger partial charge in [-0.05, 0) is 31.9 Å². The van der Waals surface area contributed by atoms with Gasteiger partial charge in [0, 0.05) is 5.56 Å². The van der Waals surface area contributed by atoms with Crippen molar-refractivity contribution in [1.82, 2.24) is 0 Å². The lowest BCUT2D eigenvalue weighted by atomic mass is 10.1. The summed E-state index contributed by atoms with van der Waals surface area (Å²) in [4.78, 5) is 11.8. The summed E-state index contributed by atoms with van der Waals surface area (Å²) in [6.45, 7) is 5.64. The van der Waals surface area contributed by atoms with Crippen LogP contribution in [0.1, 0.15) is 16.7 Å². The molecule has 0 aliphatic heterocycles. The number of fused-ring (bicyclic) bond motifs is 1. The van der Waals surface area contributed by atoms with Crippen LogP contribution < -0.4 is 5.43 Å². The minimum atomic E-state index is 0.0763. The van der Waals surface area contributed by atoms with E-state index >= 15 is 0 Å². The molecule has 14 heavy (non-hydrogen) atoms. The lowest BCUT2D eigenvalue weighted by Crippen LogP contribution is -2.06. The molecule has 0 spiro atoms. The minimum absolute atomic E-state index is 0.0763. The van der Waals surface area contributed by atoms with Crippen molar-refractivity contribution in [3.8, 4) is 0 Å². The van der Waals surface area contributed by atoms with Crippen molar-refractivity contribution >= 4 is 11.0 Å². The molecule has 0 N–H and O–H groups in total. The standard InChI is InChI=1S/C12H12O2/c1-7-4-5-8(2)12-10(7)11(13)9(3)6-14-12/h4-6H,1-3H3. The molecule has 0 aliphatic carbocycles. The molecule has 1 aromatic heterocycles. The van der Waals surface area contributed by atoms with E-state index < -0.39 is 0 Å². The molecular weight excluding hydrogens is 176 g/mol. The molecule has 0 bridgehead atoms. The zero-order valence-electron chi connectivity index (χ0n) is 8.55. The van der Waals surface area contributed by atoms with Gasteiger partial charge in [-0.15, -0.1) is 0 Å². The molecular formula is C12H12O2. The average molecular weight is 188 g/mol. The number of hydrogen-bond donors (Lipinski definition) is 0. The van der Waals surface area contributed by atoms with Gasteiger partial charge in [0.15, 0.2) is 5.43 Å². The van der Waals surface area contributed by atoms with Crippen molar-refractivity contribution in [2.45, 2.75) is 20.8 Å². The van der Waals surface area contributed by atoms with Crippen molar-refractivity contribution in [2.75, 3.05) is 0 Å². The van der Waals surface area contributed by atoms with Crippen molar-refractivity contribution in [3.05, 3.63) is 45.3 Å². The fraction of sp³-hybridized carbons (Fsp3) is 0.250. The molecule has 0 atom stereocenters. The van der Waals surface area contributed by atoms with Gasteiger partial charge in [0.05, 0.1) is 11.6 Å². The maximum atomic E-state index is 11.8. The Morgan fingerprint density at radius 2 is 1.64 bits per heavy atom. The lowest BCUT2D eigenvalue weighted by Gasteiger charge is -2.03. The quantitative estimate of drug-likeness (QED) is 0.636. The summed E-state index contributed by atoms with van der Waals surface area (Å²) in [6, 6.07) is 3.92. The summed E-state index contributed by atoms with van der Waals surface area (Å²) >= 11 is 0. The second-order valence-electron chi connectivity index (χ2n) is 3.65. The molecule has 1 heterocycles. The summed E-state index contributed by atoms with van der Waals surface area (Å²) < 4.78 is 5.43. The van der Waals surface area contributed by atoms with Crippen LogP contribution in [0.5, 0.6) is 0 Å². The zero-order valence-corrected chi connectivity index (χ0v) is 8.55. The predicted octanol–water partition coefficient (Wildman–Crippen LogP) is 2.72. The molecule has 2 heteroatoms. The van der Waals surface area contributed by atoms with Gasteiger partial charge in [-0.1, -0.05) is 12.1 Å². The molecule has 72 valence electrons. The molecule has 1 aromatic carbocycles. The normalized spacial score (nSPS) is 10.8. The lowest BCUT2D eigenvalue weighted by molar-refractivity contribution is 0.594. The van der Waals surface area contributed by atoms with Crippen LogP contribution in [0.25, 0.3) is 11.0 Å². The number of aryl methyl sites for hydroxylation is 3. The third-order valence-electron chi connectivity index (χ3n) is 2.50. The smallest absolute Gasteiger partial charge is 0.195 e. The highest BCUT2D eigenvalue weighted by molar-refractivity contribution is 5.83. The van der Waals surface area contributed by atoms with Gasteiger partial charge < -0.3 is 4.42 Å². The van der Waals surface area contributed by atoms with Gasteiger partial charge >= 0.3 is 0 Å². The van der Waals surface area contributed by atoms with Gasteiger partial charge in [0.1, 0.15) is 5.58 Å². The molecule has 0 amide bonds. The molecule has 2 nitrogen and oxygen atoms in total. The van der Waals surface area contributed by atoms with E-state index in [9.17, 15) is 4.79 Å². The zero-order chi connectivity index (χ0) is 10.3. The van der Waals surface area contributed by atoms with Gasteiger partial charge in [-0.3, -0.25) is 4.79 Å². The van der Waals surface area contributed by atoms with E-state index in [1.807, 2.05) is 26.0 Å². The first-order valence-corrected chi connectivity index (χ1v) is 4.59. The highest BCUT2D eigenvalue weighted by Gasteiger charge is 2.07. The van der Waals surface area contributed by atoms with E-state index in [1.54, 1.807) is 6.92 Å². The summed E-state index contributed by atoms with van der Waals surface area (Å²) in [5, 5.41) is 0.713. The molecule has 2 aromatic rings. The van der Waals surface area contributed by atoms with Gasteiger partial charge in [-0.2, -0.15) is 0 Å². The van der Waals surface area contributed by atoms with Crippen LogP contribution in [-0.2, 0) is 0 Å². The van der Waals surface area contributed by atoms with Crippen LogP contribution in [-0.4, -0.2) is 0 Å².